The molecule has 0 saturated carbocycles. The Morgan fingerprint density at radius 1 is 1.28 bits per heavy atom. The molecule has 2 aromatic rings. The van der Waals surface area contributed by atoms with E-state index in [4.69, 9.17) is 9.47 Å². The molecule has 0 aliphatic heterocycles. The first-order valence-corrected chi connectivity index (χ1v) is 5.73. The van der Waals surface area contributed by atoms with Gasteiger partial charge in [0.2, 0.25) is 0 Å². The van der Waals surface area contributed by atoms with Gasteiger partial charge in [-0.05, 0) is 31.2 Å². The lowest BCUT2D eigenvalue weighted by atomic mass is 10.1. The fraction of sp³-hybridized carbons (Fsp3) is 0.286. The SMILES string of the molecule is COCCOc1cnc2ccc(C(C)=O)cc2c1. The van der Waals surface area contributed by atoms with Crippen molar-refractivity contribution in [1.29, 1.82) is 0 Å². The predicted octanol–water partition coefficient (Wildman–Crippen LogP) is 2.46. The van der Waals surface area contributed by atoms with Crippen LogP contribution in [0.4, 0.5) is 0 Å². The maximum atomic E-state index is 11.3. The smallest absolute Gasteiger partial charge is 0.159 e. The van der Waals surface area contributed by atoms with Crippen molar-refractivity contribution in [1.82, 2.24) is 4.98 Å². The van der Waals surface area contributed by atoms with Gasteiger partial charge in [0.25, 0.3) is 0 Å². The van der Waals surface area contributed by atoms with Crippen molar-refractivity contribution in [2.24, 2.45) is 0 Å². The summed E-state index contributed by atoms with van der Waals surface area (Å²) in [5.41, 5.74) is 1.53. The average molecular weight is 245 g/mol. The molecule has 0 aliphatic rings. The molecule has 0 amide bonds. The number of ether oxygens (including phenoxy) is 2. The van der Waals surface area contributed by atoms with Gasteiger partial charge in [0.15, 0.2) is 5.78 Å². The molecule has 0 atom stereocenters. The van der Waals surface area contributed by atoms with Gasteiger partial charge in [0.05, 0.1) is 18.3 Å². The molecule has 2 rings (SSSR count). The highest BCUT2D eigenvalue weighted by molar-refractivity contribution is 5.97. The van der Waals surface area contributed by atoms with Gasteiger partial charge in [0, 0.05) is 18.1 Å². The van der Waals surface area contributed by atoms with E-state index in [1.165, 1.54) is 0 Å². The Hall–Kier alpha value is -1.94. The van der Waals surface area contributed by atoms with Crippen molar-refractivity contribution < 1.29 is 14.3 Å². The highest BCUT2D eigenvalue weighted by Crippen LogP contribution is 2.19. The lowest BCUT2D eigenvalue weighted by molar-refractivity contribution is 0.101. The maximum absolute atomic E-state index is 11.3. The van der Waals surface area contributed by atoms with Gasteiger partial charge < -0.3 is 9.47 Å². The van der Waals surface area contributed by atoms with Crippen molar-refractivity contribution in [2.45, 2.75) is 6.92 Å². The quantitative estimate of drug-likeness (QED) is 0.599. The van der Waals surface area contributed by atoms with Gasteiger partial charge in [-0.25, -0.2) is 0 Å². The summed E-state index contributed by atoms with van der Waals surface area (Å²) in [6, 6.07) is 7.33. The van der Waals surface area contributed by atoms with Crippen LogP contribution in [-0.2, 0) is 4.74 Å². The van der Waals surface area contributed by atoms with E-state index in [-0.39, 0.29) is 5.78 Å². The second-order valence-corrected chi connectivity index (χ2v) is 3.98. The van der Waals surface area contributed by atoms with Crippen LogP contribution in [0, 0.1) is 0 Å². The summed E-state index contributed by atoms with van der Waals surface area (Å²) in [5.74, 6) is 0.725. The Morgan fingerprint density at radius 3 is 2.83 bits per heavy atom. The van der Waals surface area contributed by atoms with Crippen molar-refractivity contribution >= 4 is 16.7 Å². The zero-order chi connectivity index (χ0) is 13.0. The van der Waals surface area contributed by atoms with Gasteiger partial charge in [-0.3, -0.25) is 9.78 Å². The molecule has 0 bridgehead atoms. The Morgan fingerprint density at radius 2 is 2.11 bits per heavy atom. The summed E-state index contributed by atoms with van der Waals surface area (Å²) >= 11 is 0. The standard InChI is InChI=1S/C14H15NO3/c1-10(16)11-3-4-14-12(7-11)8-13(9-15-14)18-6-5-17-2/h3-4,7-9H,5-6H2,1-2H3. The van der Waals surface area contributed by atoms with Gasteiger partial charge in [-0.2, -0.15) is 0 Å². The number of benzene rings is 1. The molecular weight excluding hydrogens is 230 g/mol. The number of carbonyl (C=O) groups excluding carboxylic acids is 1. The summed E-state index contributed by atoms with van der Waals surface area (Å²) in [6.07, 6.45) is 1.67. The summed E-state index contributed by atoms with van der Waals surface area (Å²) in [6.45, 7) is 2.56. The largest absolute Gasteiger partial charge is 0.490 e. The number of carbonyl (C=O) groups is 1. The fourth-order valence-electron chi connectivity index (χ4n) is 1.65. The van der Waals surface area contributed by atoms with E-state index in [1.807, 2.05) is 18.2 Å². The first-order valence-electron chi connectivity index (χ1n) is 5.73. The molecule has 1 aromatic heterocycles. The van der Waals surface area contributed by atoms with Gasteiger partial charge >= 0.3 is 0 Å². The van der Waals surface area contributed by atoms with Gasteiger partial charge in [-0.15, -0.1) is 0 Å². The summed E-state index contributed by atoms with van der Waals surface area (Å²) < 4.78 is 10.4. The highest BCUT2D eigenvalue weighted by Gasteiger charge is 2.03. The molecule has 1 heterocycles. The molecule has 0 N–H and O–H groups in total. The van der Waals surface area contributed by atoms with Crippen LogP contribution in [0.5, 0.6) is 5.75 Å². The lowest BCUT2D eigenvalue weighted by Crippen LogP contribution is -2.04. The van der Waals surface area contributed by atoms with Crippen molar-refractivity contribution in [2.75, 3.05) is 20.3 Å². The third kappa shape index (κ3) is 2.84. The van der Waals surface area contributed by atoms with Crippen LogP contribution >= 0.6 is 0 Å². The number of hydrogen-bond acceptors (Lipinski definition) is 4. The molecular formula is C14H15NO3. The maximum Gasteiger partial charge on any atom is 0.159 e. The van der Waals surface area contributed by atoms with E-state index < -0.39 is 0 Å². The third-order valence-electron chi connectivity index (χ3n) is 2.62. The van der Waals surface area contributed by atoms with E-state index in [2.05, 4.69) is 4.98 Å². The number of hydrogen-bond donors (Lipinski definition) is 0. The molecule has 94 valence electrons. The molecule has 0 saturated heterocycles. The minimum atomic E-state index is 0.0441. The second-order valence-electron chi connectivity index (χ2n) is 3.98. The average Bonchev–Trinajstić information content (AvgIpc) is 2.38. The molecule has 0 radical (unpaired) electrons. The van der Waals surface area contributed by atoms with E-state index in [1.54, 1.807) is 26.3 Å². The summed E-state index contributed by atoms with van der Waals surface area (Å²) in [5, 5.41) is 0.901. The van der Waals surface area contributed by atoms with E-state index in [9.17, 15) is 4.79 Å². The zero-order valence-electron chi connectivity index (χ0n) is 10.5. The zero-order valence-corrected chi connectivity index (χ0v) is 10.5. The molecule has 4 heteroatoms. The number of methoxy groups -OCH3 is 1. The molecule has 18 heavy (non-hydrogen) atoms. The van der Waals surface area contributed by atoms with Crippen molar-refractivity contribution in [3.05, 3.63) is 36.0 Å². The van der Waals surface area contributed by atoms with E-state index in [0.717, 1.165) is 10.9 Å². The third-order valence-corrected chi connectivity index (χ3v) is 2.62. The Balaban J connectivity index is 2.27. The minimum Gasteiger partial charge on any atom is -0.490 e. The van der Waals surface area contributed by atoms with Crippen LogP contribution < -0.4 is 4.74 Å². The number of nitrogens with zero attached hydrogens (tertiary/aromatic N) is 1. The molecule has 0 fully saturated rings. The molecule has 0 aliphatic carbocycles. The van der Waals surface area contributed by atoms with Crippen LogP contribution in [0.2, 0.25) is 0 Å². The molecule has 4 nitrogen and oxygen atoms in total. The second kappa shape index (κ2) is 5.60. The summed E-state index contributed by atoms with van der Waals surface area (Å²) in [7, 11) is 1.63. The first-order chi connectivity index (χ1) is 8.70. The number of Topliss-reactive ketones (excluding diaryl/α,β-unsaturated/α-hetero) is 1. The normalized spacial score (nSPS) is 10.6. The van der Waals surface area contributed by atoms with Gasteiger partial charge in [-0.1, -0.05) is 0 Å². The monoisotopic (exact) mass is 245 g/mol. The molecule has 0 spiro atoms. The lowest BCUT2D eigenvalue weighted by Gasteiger charge is -2.06. The summed E-state index contributed by atoms with van der Waals surface area (Å²) in [4.78, 5) is 15.6. The van der Waals surface area contributed by atoms with Crippen LogP contribution in [0.3, 0.4) is 0 Å². The van der Waals surface area contributed by atoms with Crippen LogP contribution in [0.15, 0.2) is 30.5 Å². The van der Waals surface area contributed by atoms with Crippen LogP contribution in [-0.4, -0.2) is 31.1 Å². The number of rotatable bonds is 5. The highest BCUT2D eigenvalue weighted by atomic mass is 16.5. The minimum absolute atomic E-state index is 0.0441. The fourth-order valence-corrected chi connectivity index (χ4v) is 1.65. The predicted molar refractivity (Wildman–Crippen MR) is 69.1 cm³/mol. The Labute approximate surface area is 106 Å². The van der Waals surface area contributed by atoms with E-state index in [0.29, 0.717) is 24.5 Å². The van der Waals surface area contributed by atoms with Crippen molar-refractivity contribution in [3.63, 3.8) is 0 Å². The first kappa shape index (κ1) is 12.5. The molecule has 1 aromatic carbocycles. The van der Waals surface area contributed by atoms with E-state index >= 15 is 0 Å². The molecule has 0 unspecified atom stereocenters. The topological polar surface area (TPSA) is 48.4 Å². The van der Waals surface area contributed by atoms with Gasteiger partial charge in [0.1, 0.15) is 12.4 Å². The van der Waals surface area contributed by atoms with Crippen LogP contribution in [0.1, 0.15) is 17.3 Å². The number of aromatic nitrogens is 1. The number of ketones is 1. The Kier molecular flexibility index (Phi) is 3.89. The number of pyridine rings is 1. The number of fused-ring (bicyclic) bond motifs is 1. The Bertz CT molecular complexity index is 566. The van der Waals surface area contributed by atoms with Crippen LogP contribution in [0.25, 0.3) is 10.9 Å². The van der Waals surface area contributed by atoms with Crippen molar-refractivity contribution in [3.8, 4) is 5.75 Å².